The normalized spacial score (nSPS) is 18.7. The van der Waals surface area contributed by atoms with Crippen LogP contribution in [0.2, 0.25) is 0 Å². The maximum Gasteiger partial charge on any atom is 0.251 e. The van der Waals surface area contributed by atoms with E-state index >= 15 is 0 Å². The Balaban J connectivity index is 1.23. The lowest BCUT2D eigenvalue weighted by molar-refractivity contribution is -0.156. The third-order valence-corrected chi connectivity index (χ3v) is 9.80. The van der Waals surface area contributed by atoms with Crippen LogP contribution in [0.25, 0.3) is 10.9 Å². The average molecular weight is 628 g/mol. The van der Waals surface area contributed by atoms with Crippen molar-refractivity contribution >= 4 is 22.6 Å². The van der Waals surface area contributed by atoms with E-state index in [1.807, 2.05) is 74.2 Å². The number of hydrogen-bond acceptors (Lipinski definition) is 5. The molecule has 2 aromatic heterocycles. The Morgan fingerprint density at radius 3 is 2.28 bits per heavy atom. The molecule has 2 fully saturated rings. The molecule has 3 heterocycles. The van der Waals surface area contributed by atoms with Gasteiger partial charge in [-0.3, -0.25) is 14.5 Å². The number of carbonyl (C=O) groups is 1. The van der Waals surface area contributed by atoms with Gasteiger partial charge in [0.25, 0.3) is 5.56 Å². The highest BCUT2D eigenvalue weighted by Gasteiger charge is 2.52. The summed E-state index contributed by atoms with van der Waals surface area (Å²) in [4.78, 5) is 34.7. The highest BCUT2D eigenvalue weighted by Crippen LogP contribution is 2.49. The molecule has 2 aromatic carbocycles. The molecular weight excluding hydrogens is 584 g/mol. The SMILES string of the molecule is CC(=O)N(C1CN(Cc2ccccc2)C1)C1(c2ccc([C@H](C)Nc3cc4c(ccc(=O)n4C(C)C)cn3)cc2)CCC(F)(F)CC1. The number of pyridine rings is 2. The van der Waals surface area contributed by atoms with Gasteiger partial charge in [0.2, 0.25) is 11.8 Å². The quantitative estimate of drug-likeness (QED) is 0.211. The second-order valence-electron chi connectivity index (χ2n) is 13.4. The van der Waals surface area contributed by atoms with Crippen molar-refractivity contribution in [1.82, 2.24) is 19.4 Å². The third-order valence-electron chi connectivity index (χ3n) is 9.80. The van der Waals surface area contributed by atoms with Gasteiger partial charge in [-0.1, -0.05) is 54.6 Å². The number of nitrogens with zero attached hydrogens (tertiary/aromatic N) is 4. The summed E-state index contributed by atoms with van der Waals surface area (Å²) in [7, 11) is 0. The predicted octanol–water partition coefficient (Wildman–Crippen LogP) is 7.29. The fourth-order valence-corrected chi connectivity index (χ4v) is 7.43. The van der Waals surface area contributed by atoms with Gasteiger partial charge in [-0.2, -0.15) is 0 Å². The summed E-state index contributed by atoms with van der Waals surface area (Å²) in [6, 6.07) is 23.4. The summed E-state index contributed by atoms with van der Waals surface area (Å²) in [6.07, 6.45) is 1.73. The molecule has 1 saturated heterocycles. The molecule has 1 aliphatic heterocycles. The summed E-state index contributed by atoms with van der Waals surface area (Å²) < 4.78 is 30.9. The van der Waals surface area contributed by atoms with E-state index in [0.717, 1.165) is 41.7 Å². The first-order valence-corrected chi connectivity index (χ1v) is 16.3. The number of nitrogens with one attached hydrogen (secondary N) is 1. The minimum Gasteiger partial charge on any atom is -0.363 e. The molecule has 2 aliphatic rings. The molecule has 0 unspecified atom stereocenters. The second-order valence-corrected chi connectivity index (χ2v) is 13.4. The number of alkyl halides is 2. The van der Waals surface area contributed by atoms with Gasteiger partial charge in [0, 0.05) is 75.2 Å². The summed E-state index contributed by atoms with van der Waals surface area (Å²) >= 11 is 0. The molecule has 1 amide bonds. The zero-order valence-electron chi connectivity index (χ0n) is 27.0. The highest BCUT2D eigenvalue weighted by atomic mass is 19.3. The van der Waals surface area contributed by atoms with E-state index < -0.39 is 11.5 Å². The third kappa shape index (κ3) is 6.30. The van der Waals surface area contributed by atoms with E-state index in [1.54, 1.807) is 29.8 Å². The molecule has 242 valence electrons. The fourth-order valence-electron chi connectivity index (χ4n) is 7.43. The summed E-state index contributed by atoms with van der Waals surface area (Å²) in [5.74, 6) is -2.14. The van der Waals surface area contributed by atoms with E-state index in [2.05, 4.69) is 27.3 Å². The zero-order valence-corrected chi connectivity index (χ0v) is 27.0. The van der Waals surface area contributed by atoms with Crippen LogP contribution in [0.4, 0.5) is 14.6 Å². The van der Waals surface area contributed by atoms with E-state index in [0.29, 0.717) is 5.82 Å². The Bertz CT molecular complexity index is 1740. The Morgan fingerprint density at radius 2 is 1.65 bits per heavy atom. The van der Waals surface area contributed by atoms with Crippen LogP contribution in [0.1, 0.15) is 82.2 Å². The van der Waals surface area contributed by atoms with E-state index in [-0.39, 0.29) is 55.3 Å². The van der Waals surface area contributed by atoms with Crippen LogP contribution in [-0.4, -0.2) is 50.3 Å². The van der Waals surface area contributed by atoms with E-state index in [4.69, 9.17) is 0 Å². The number of halogens is 2. The molecule has 7 nitrogen and oxygen atoms in total. The van der Waals surface area contributed by atoms with Gasteiger partial charge in [0.15, 0.2) is 0 Å². The van der Waals surface area contributed by atoms with Crippen LogP contribution in [0.5, 0.6) is 0 Å². The highest BCUT2D eigenvalue weighted by molar-refractivity contribution is 5.80. The standard InChI is InChI=1S/C37H43F2N5O2/c1-25(2)43-33-20-34(40-21-30(33)12-15-35(43)46)41-26(3)29-10-13-31(14-11-29)36(16-18-37(38,39)19-17-36)44(27(4)45)32-23-42(24-32)22-28-8-6-5-7-9-28/h5-15,20-21,25-26,32H,16-19,22-24H2,1-4H3,(H,40,41)/t26-/m0/s1. The molecule has 1 N–H and O–H groups in total. The number of anilines is 1. The van der Waals surface area contributed by atoms with Crippen molar-refractivity contribution < 1.29 is 13.6 Å². The van der Waals surface area contributed by atoms with Crippen LogP contribution < -0.4 is 10.9 Å². The fraction of sp³-hybridized carbons (Fsp3) is 0.432. The number of likely N-dealkylation sites (tertiary alicyclic amines) is 1. The van der Waals surface area contributed by atoms with Gasteiger partial charge in [0.05, 0.1) is 17.1 Å². The first-order chi connectivity index (χ1) is 22.0. The Morgan fingerprint density at radius 1 is 0.978 bits per heavy atom. The first kappa shape index (κ1) is 31.9. The molecular formula is C37H43F2N5O2. The molecule has 0 radical (unpaired) electrons. The van der Waals surface area contributed by atoms with Crippen molar-refractivity contribution in [2.75, 3.05) is 18.4 Å². The summed E-state index contributed by atoms with van der Waals surface area (Å²) in [6.45, 7) is 9.81. The van der Waals surface area contributed by atoms with Gasteiger partial charge in [0.1, 0.15) is 5.82 Å². The summed E-state index contributed by atoms with van der Waals surface area (Å²) in [5.41, 5.74) is 3.11. The van der Waals surface area contributed by atoms with Crippen LogP contribution >= 0.6 is 0 Å². The van der Waals surface area contributed by atoms with Gasteiger partial charge in [-0.05, 0) is 56.4 Å². The smallest absolute Gasteiger partial charge is 0.251 e. The number of hydrogen-bond donors (Lipinski definition) is 1. The number of aromatic nitrogens is 2. The van der Waals surface area contributed by atoms with Crippen LogP contribution in [0.15, 0.2) is 83.8 Å². The van der Waals surface area contributed by atoms with Gasteiger partial charge in [-0.25, -0.2) is 13.8 Å². The topological polar surface area (TPSA) is 70.5 Å². The van der Waals surface area contributed by atoms with Crippen LogP contribution in [-0.2, 0) is 16.9 Å². The molecule has 0 spiro atoms. The van der Waals surface area contributed by atoms with E-state index in [9.17, 15) is 18.4 Å². The van der Waals surface area contributed by atoms with Crippen molar-refractivity contribution in [3.63, 3.8) is 0 Å². The number of fused-ring (bicyclic) bond motifs is 1. The molecule has 9 heteroatoms. The van der Waals surface area contributed by atoms with Crippen molar-refractivity contribution in [2.45, 2.75) is 89.5 Å². The maximum atomic E-state index is 14.6. The van der Waals surface area contributed by atoms with Crippen molar-refractivity contribution in [3.8, 4) is 0 Å². The molecule has 46 heavy (non-hydrogen) atoms. The number of amides is 1. The minimum atomic E-state index is -2.73. The molecule has 1 saturated carbocycles. The number of benzene rings is 2. The average Bonchev–Trinajstić information content (AvgIpc) is 3.01. The van der Waals surface area contributed by atoms with Crippen LogP contribution in [0.3, 0.4) is 0 Å². The van der Waals surface area contributed by atoms with Crippen molar-refractivity contribution in [2.24, 2.45) is 0 Å². The Labute approximate surface area is 269 Å². The molecule has 6 rings (SSSR count). The summed E-state index contributed by atoms with van der Waals surface area (Å²) in [5, 5.41) is 4.35. The van der Waals surface area contributed by atoms with Crippen molar-refractivity contribution in [1.29, 1.82) is 0 Å². The van der Waals surface area contributed by atoms with Gasteiger partial charge in [-0.15, -0.1) is 0 Å². The monoisotopic (exact) mass is 627 g/mol. The maximum absolute atomic E-state index is 14.6. The molecule has 1 aliphatic carbocycles. The lowest BCUT2D eigenvalue weighted by Crippen LogP contribution is -2.66. The predicted molar refractivity (Wildman–Crippen MR) is 178 cm³/mol. The zero-order chi connectivity index (χ0) is 32.6. The van der Waals surface area contributed by atoms with Crippen LogP contribution in [0, 0.1) is 0 Å². The largest absolute Gasteiger partial charge is 0.363 e. The molecule has 0 bridgehead atoms. The molecule has 1 atom stereocenters. The lowest BCUT2D eigenvalue weighted by Gasteiger charge is -2.56. The number of rotatable bonds is 9. The van der Waals surface area contributed by atoms with E-state index in [1.165, 1.54) is 5.56 Å². The second kappa shape index (κ2) is 12.6. The van der Waals surface area contributed by atoms with Crippen molar-refractivity contribution in [3.05, 3.63) is 106 Å². The lowest BCUT2D eigenvalue weighted by atomic mass is 9.72. The number of carbonyl (C=O) groups excluding carboxylic acids is 1. The van der Waals surface area contributed by atoms with Gasteiger partial charge < -0.3 is 14.8 Å². The Hall–Kier alpha value is -4.11. The van der Waals surface area contributed by atoms with Gasteiger partial charge >= 0.3 is 0 Å². The first-order valence-electron chi connectivity index (χ1n) is 16.3. The Kier molecular flexibility index (Phi) is 8.72. The minimum absolute atomic E-state index is 0.00455. The molecule has 4 aromatic rings.